The monoisotopic (exact) mass is 337 g/mol. The van der Waals surface area contributed by atoms with Gasteiger partial charge in [-0.2, -0.15) is 0 Å². The first-order valence-corrected chi connectivity index (χ1v) is 7.85. The third-order valence-electron chi connectivity index (χ3n) is 4.15. The minimum Gasteiger partial charge on any atom is -0.483 e. The van der Waals surface area contributed by atoms with Crippen LogP contribution in [-0.2, 0) is 20.9 Å². The number of pyridine rings is 1. The molecule has 2 atom stereocenters. The summed E-state index contributed by atoms with van der Waals surface area (Å²) in [5.74, 6) is -0.379. The van der Waals surface area contributed by atoms with E-state index in [2.05, 4.69) is 9.88 Å². The van der Waals surface area contributed by atoms with Crippen molar-refractivity contribution >= 4 is 12.4 Å². The number of fused-ring (bicyclic) bond motifs is 3. The van der Waals surface area contributed by atoms with E-state index in [1.54, 1.807) is 0 Å². The second-order valence-electron chi connectivity index (χ2n) is 6.04. The maximum atomic E-state index is 11.0. The fourth-order valence-electron chi connectivity index (χ4n) is 3.26. The van der Waals surface area contributed by atoms with E-state index in [4.69, 9.17) is 19.7 Å². The average molecular weight is 337 g/mol. The molecule has 2 saturated heterocycles. The summed E-state index contributed by atoms with van der Waals surface area (Å²) in [5, 5.41) is 15.9. The minimum absolute atomic E-state index is 0.121. The summed E-state index contributed by atoms with van der Waals surface area (Å²) in [6, 6.07) is 4.32. The Bertz CT molecular complexity index is 528. The molecule has 3 heterocycles. The Balaban J connectivity index is 0.000000647. The molecule has 0 aromatic carbocycles. The first kappa shape index (κ1) is 18.3. The molecule has 2 fully saturated rings. The van der Waals surface area contributed by atoms with Gasteiger partial charge in [-0.25, -0.2) is 0 Å². The quantitative estimate of drug-likeness (QED) is 0.740. The van der Waals surface area contributed by atoms with Crippen LogP contribution in [-0.4, -0.2) is 82.9 Å². The van der Waals surface area contributed by atoms with Crippen LogP contribution in [0.15, 0.2) is 24.5 Å². The maximum absolute atomic E-state index is 11.0. The van der Waals surface area contributed by atoms with Crippen LogP contribution < -0.4 is 0 Å². The lowest BCUT2D eigenvalue weighted by Gasteiger charge is -2.30. The van der Waals surface area contributed by atoms with Crippen molar-refractivity contribution in [2.45, 2.75) is 12.6 Å². The predicted molar refractivity (Wildman–Crippen MR) is 85.5 cm³/mol. The summed E-state index contributed by atoms with van der Waals surface area (Å²) in [4.78, 5) is 27.9. The molecule has 0 radical (unpaired) electrons. The summed E-state index contributed by atoms with van der Waals surface area (Å²) < 4.78 is 5.75. The van der Waals surface area contributed by atoms with Crippen LogP contribution in [0.25, 0.3) is 0 Å². The molecule has 0 aliphatic carbocycles. The second kappa shape index (κ2) is 9.31. The molecule has 132 valence electrons. The molecule has 2 N–H and O–H groups in total. The van der Waals surface area contributed by atoms with Crippen LogP contribution >= 0.6 is 0 Å². The van der Waals surface area contributed by atoms with Crippen LogP contribution in [0, 0.1) is 5.92 Å². The third kappa shape index (κ3) is 5.55. The Kier molecular flexibility index (Phi) is 7.10. The Labute approximate surface area is 140 Å². The zero-order valence-corrected chi connectivity index (χ0v) is 13.5. The van der Waals surface area contributed by atoms with Crippen molar-refractivity contribution in [2.75, 3.05) is 39.4 Å². The lowest BCUT2D eigenvalue weighted by Crippen LogP contribution is -2.44. The molecule has 3 rings (SSSR count). The predicted octanol–water partition coefficient (Wildman–Crippen LogP) is -0.000400. The molecule has 0 spiro atoms. The molecular formula is C16H23N3O5. The first-order valence-electron chi connectivity index (χ1n) is 7.85. The van der Waals surface area contributed by atoms with E-state index in [0.29, 0.717) is 12.5 Å². The van der Waals surface area contributed by atoms with Crippen LogP contribution in [0.3, 0.4) is 0 Å². The molecule has 8 heteroatoms. The van der Waals surface area contributed by atoms with Crippen LogP contribution in [0.5, 0.6) is 0 Å². The molecule has 1 aromatic rings. The van der Waals surface area contributed by atoms with Crippen molar-refractivity contribution in [3.05, 3.63) is 30.1 Å². The van der Waals surface area contributed by atoms with Crippen molar-refractivity contribution in [3.8, 4) is 0 Å². The van der Waals surface area contributed by atoms with Gasteiger partial charge in [0.05, 0.1) is 19.8 Å². The number of carboxylic acid groups (broad SMARTS) is 2. The van der Waals surface area contributed by atoms with E-state index in [1.165, 1.54) is 5.56 Å². The van der Waals surface area contributed by atoms with Crippen molar-refractivity contribution < 1.29 is 24.5 Å². The van der Waals surface area contributed by atoms with Crippen LogP contribution in [0.1, 0.15) is 5.56 Å². The Morgan fingerprint density at radius 1 is 1.29 bits per heavy atom. The number of ether oxygens (including phenoxy) is 1. The topological polar surface area (TPSA) is 103 Å². The molecular weight excluding hydrogens is 314 g/mol. The van der Waals surface area contributed by atoms with E-state index in [-0.39, 0.29) is 19.1 Å². The average Bonchev–Trinajstić information content (AvgIpc) is 2.78. The summed E-state index contributed by atoms with van der Waals surface area (Å²) in [7, 11) is 0. The fourth-order valence-corrected chi connectivity index (χ4v) is 3.26. The standard InChI is InChI=1S/C15H21N3O3.CH2O2/c19-15(20)9-17-5-13-7-18(14(8-17)11-21-10-13)6-12-1-3-16-4-2-12;2-1-3/h1-4,13-14H,5-11H2,(H,19,20);1H,(H,2,3)/t13-,14-;/m0./s1. The number of carbonyl (C=O) groups is 2. The highest BCUT2D eigenvalue weighted by Crippen LogP contribution is 2.21. The Morgan fingerprint density at radius 2 is 2.00 bits per heavy atom. The van der Waals surface area contributed by atoms with Gasteiger partial charge in [0, 0.05) is 50.5 Å². The van der Waals surface area contributed by atoms with Gasteiger partial charge in [-0.1, -0.05) is 0 Å². The number of hydrogen-bond acceptors (Lipinski definition) is 6. The lowest BCUT2D eigenvalue weighted by atomic mass is 10.1. The highest BCUT2D eigenvalue weighted by atomic mass is 16.5. The summed E-state index contributed by atoms with van der Waals surface area (Å²) in [5.41, 5.74) is 1.24. The van der Waals surface area contributed by atoms with Crippen molar-refractivity contribution in [1.29, 1.82) is 0 Å². The van der Waals surface area contributed by atoms with Gasteiger partial charge in [0.25, 0.3) is 6.47 Å². The number of aromatic nitrogens is 1. The molecule has 2 aliphatic heterocycles. The molecule has 2 aliphatic rings. The number of aliphatic carboxylic acids is 1. The molecule has 0 amide bonds. The van der Waals surface area contributed by atoms with E-state index >= 15 is 0 Å². The van der Waals surface area contributed by atoms with E-state index in [1.807, 2.05) is 29.4 Å². The number of hydrogen-bond donors (Lipinski definition) is 2. The number of rotatable bonds is 4. The van der Waals surface area contributed by atoms with Crippen LogP contribution in [0.4, 0.5) is 0 Å². The Hall–Kier alpha value is -2.03. The summed E-state index contributed by atoms with van der Waals surface area (Å²) in [6.45, 7) is 4.66. The van der Waals surface area contributed by atoms with Gasteiger partial charge in [-0.3, -0.25) is 24.4 Å². The van der Waals surface area contributed by atoms with E-state index in [0.717, 1.165) is 32.8 Å². The zero-order valence-electron chi connectivity index (χ0n) is 13.5. The van der Waals surface area contributed by atoms with E-state index < -0.39 is 5.97 Å². The molecule has 1 aromatic heterocycles. The SMILES string of the molecule is O=C(O)CN1C[C@@H]2COC[C@H](C1)N(Cc1ccncc1)C2.O=CO. The van der Waals surface area contributed by atoms with E-state index in [9.17, 15) is 4.79 Å². The van der Waals surface area contributed by atoms with Crippen molar-refractivity contribution in [1.82, 2.24) is 14.8 Å². The summed E-state index contributed by atoms with van der Waals surface area (Å²) >= 11 is 0. The normalized spacial score (nSPS) is 24.3. The molecule has 0 unspecified atom stereocenters. The van der Waals surface area contributed by atoms with Gasteiger partial charge >= 0.3 is 5.97 Å². The van der Waals surface area contributed by atoms with Gasteiger partial charge in [0.2, 0.25) is 0 Å². The largest absolute Gasteiger partial charge is 0.483 e. The minimum atomic E-state index is -0.753. The highest BCUT2D eigenvalue weighted by Gasteiger charge is 2.33. The third-order valence-corrected chi connectivity index (χ3v) is 4.15. The molecule has 2 bridgehead atoms. The summed E-state index contributed by atoms with van der Waals surface area (Å²) in [6.07, 6.45) is 3.62. The number of carboxylic acids is 1. The fraction of sp³-hybridized carbons (Fsp3) is 0.562. The maximum Gasteiger partial charge on any atom is 0.317 e. The van der Waals surface area contributed by atoms with Gasteiger partial charge in [-0.05, 0) is 17.7 Å². The molecule has 24 heavy (non-hydrogen) atoms. The molecule has 0 saturated carbocycles. The lowest BCUT2D eigenvalue weighted by molar-refractivity contribution is -0.138. The Morgan fingerprint density at radius 3 is 2.67 bits per heavy atom. The van der Waals surface area contributed by atoms with Crippen molar-refractivity contribution in [3.63, 3.8) is 0 Å². The van der Waals surface area contributed by atoms with Crippen LogP contribution in [0.2, 0.25) is 0 Å². The number of nitrogens with zero attached hydrogens (tertiary/aromatic N) is 3. The highest BCUT2D eigenvalue weighted by molar-refractivity contribution is 5.69. The second-order valence-corrected chi connectivity index (χ2v) is 6.04. The van der Waals surface area contributed by atoms with Crippen molar-refractivity contribution in [2.24, 2.45) is 5.92 Å². The van der Waals surface area contributed by atoms with Gasteiger partial charge in [0.1, 0.15) is 0 Å². The zero-order chi connectivity index (χ0) is 17.4. The molecule has 8 nitrogen and oxygen atoms in total. The van der Waals surface area contributed by atoms with Gasteiger partial charge in [0.15, 0.2) is 0 Å². The van der Waals surface area contributed by atoms with Gasteiger partial charge < -0.3 is 14.9 Å². The first-order chi connectivity index (χ1) is 11.6. The van der Waals surface area contributed by atoms with Gasteiger partial charge in [-0.15, -0.1) is 0 Å². The smallest absolute Gasteiger partial charge is 0.317 e.